The molecule has 1 aromatic carbocycles. The molecule has 1 amide bonds. The zero-order valence-electron chi connectivity index (χ0n) is 22.8. The first kappa shape index (κ1) is 28.4. The van der Waals surface area contributed by atoms with Gasteiger partial charge in [0.2, 0.25) is 5.78 Å². The van der Waals surface area contributed by atoms with Crippen LogP contribution in [-0.2, 0) is 14.4 Å². The van der Waals surface area contributed by atoms with Gasteiger partial charge in [0.05, 0.1) is 17.2 Å². The van der Waals surface area contributed by atoms with E-state index >= 15 is 0 Å². The number of phenolic OH excluding ortho intramolecular Hbond substituents is 1. The summed E-state index contributed by atoms with van der Waals surface area (Å²) in [4.78, 5) is 42.9. The molecule has 0 heterocycles. The molecule has 39 heavy (non-hydrogen) atoms. The molecule has 0 spiro atoms. The number of nitrogens with zero attached hydrogens (tertiary/aromatic N) is 2. The van der Waals surface area contributed by atoms with Gasteiger partial charge in [-0.15, -0.1) is 0 Å². The molecular weight excluding hydrogens is 502 g/mol. The second-order valence-corrected chi connectivity index (χ2v) is 10.9. The second kappa shape index (κ2) is 10.2. The molecule has 1 saturated carbocycles. The molecule has 0 aromatic heterocycles. The summed E-state index contributed by atoms with van der Waals surface area (Å²) < 4.78 is 0. The quantitative estimate of drug-likeness (QED) is 0.213. The molecule has 4 rings (SSSR count). The lowest BCUT2D eigenvalue weighted by molar-refractivity contribution is -0.154. The standard InChI is InChI=1S/C29H35N3O7/c1-6-7-8-9-10-14-11-12-15-18(23(14)33)24(34)19-16(21(15)31(2)3)13-17-22(32(4)5)25(35)20(28(30)38)27(37)29(17,39)26(19)36/h11-12,16-17,21-22,33-34,37,39H,6-8,13H2,1-5H3,(H2,30,38). The van der Waals surface area contributed by atoms with E-state index in [1.54, 1.807) is 40.3 Å². The molecular formula is C29H35N3O7. The summed E-state index contributed by atoms with van der Waals surface area (Å²) in [5.41, 5.74) is 2.51. The number of unbranched alkanes of at least 4 members (excludes halogenated alkanes) is 2. The van der Waals surface area contributed by atoms with Gasteiger partial charge in [0.15, 0.2) is 11.4 Å². The molecule has 3 aliphatic rings. The minimum atomic E-state index is -2.69. The largest absolute Gasteiger partial charge is 0.508 e. The molecule has 10 heteroatoms. The Morgan fingerprint density at radius 1 is 1.10 bits per heavy atom. The molecule has 208 valence electrons. The molecule has 1 aromatic rings. The molecule has 1 fully saturated rings. The van der Waals surface area contributed by atoms with Crippen molar-refractivity contribution in [2.24, 2.45) is 17.6 Å². The van der Waals surface area contributed by atoms with Gasteiger partial charge in [-0.1, -0.05) is 31.3 Å². The summed E-state index contributed by atoms with van der Waals surface area (Å²) in [6.07, 6.45) is 2.50. The summed E-state index contributed by atoms with van der Waals surface area (Å²) in [5.74, 6) is -0.965. The normalized spacial score (nSPS) is 28.2. The molecule has 3 aliphatic carbocycles. The fourth-order valence-corrected chi connectivity index (χ4v) is 6.40. The highest BCUT2D eigenvalue weighted by Crippen LogP contribution is 2.56. The van der Waals surface area contributed by atoms with E-state index in [0.717, 1.165) is 12.8 Å². The van der Waals surface area contributed by atoms with E-state index in [1.165, 1.54) is 4.90 Å². The Labute approximate surface area is 227 Å². The minimum Gasteiger partial charge on any atom is -0.508 e. The van der Waals surface area contributed by atoms with Crippen molar-refractivity contribution in [2.75, 3.05) is 28.2 Å². The average Bonchev–Trinajstić information content (AvgIpc) is 2.84. The van der Waals surface area contributed by atoms with Gasteiger partial charge < -0.3 is 31.1 Å². The topological polar surface area (TPSA) is 165 Å². The Morgan fingerprint density at radius 2 is 1.74 bits per heavy atom. The summed E-state index contributed by atoms with van der Waals surface area (Å²) in [6, 6.07) is 1.75. The highest BCUT2D eigenvalue weighted by Gasteiger charge is 2.65. The van der Waals surface area contributed by atoms with Crippen LogP contribution in [0.15, 0.2) is 29.0 Å². The number of hydrogen-bond donors (Lipinski definition) is 5. The van der Waals surface area contributed by atoms with Crippen molar-refractivity contribution in [3.8, 4) is 17.6 Å². The Balaban J connectivity index is 1.98. The van der Waals surface area contributed by atoms with Gasteiger partial charge >= 0.3 is 0 Å². The number of primary amides is 1. The number of hydrogen-bond acceptors (Lipinski definition) is 9. The third-order valence-corrected chi connectivity index (χ3v) is 8.14. The number of Topliss-reactive ketones (excluding diaryl/α,β-unsaturated/α-hetero) is 2. The molecule has 0 aliphatic heterocycles. The average molecular weight is 538 g/mol. The minimum absolute atomic E-state index is 0.00788. The van der Waals surface area contributed by atoms with Crippen molar-refractivity contribution in [1.29, 1.82) is 0 Å². The third-order valence-electron chi connectivity index (χ3n) is 8.14. The van der Waals surface area contributed by atoms with Gasteiger partial charge in [0.25, 0.3) is 5.91 Å². The van der Waals surface area contributed by atoms with Gasteiger partial charge in [-0.3, -0.25) is 19.3 Å². The number of amides is 1. The first-order chi connectivity index (χ1) is 18.3. The van der Waals surface area contributed by atoms with Crippen molar-refractivity contribution >= 4 is 23.2 Å². The van der Waals surface area contributed by atoms with Gasteiger partial charge in [0.1, 0.15) is 22.8 Å². The molecule has 0 bridgehead atoms. The smallest absolute Gasteiger partial charge is 0.255 e. The lowest BCUT2D eigenvalue weighted by Crippen LogP contribution is -2.66. The summed E-state index contributed by atoms with van der Waals surface area (Å²) >= 11 is 0. The second-order valence-electron chi connectivity index (χ2n) is 10.9. The van der Waals surface area contributed by atoms with E-state index in [9.17, 15) is 34.8 Å². The molecule has 5 unspecified atom stereocenters. The Hall–Kier alpha value is -3.65. The van der Waals surface area contributed by atoms with E-state index in [2.05, 4.69) is 11.8 Å². The lowest BCUT2D eigenvalue weighted by Gasteiger charge is -2.52. The van der Waals surface area contributed by atoms with Crippen LogP contribution in [0.25, 0.3) is 5.76 Å². The van der Waals surface area contributed by atoms with Crippen LogP contribution in [0.1, 0.15) is 55.3 Å². The van der Waals surface area contributed by atoms with E-state index < -0.39 is 64.1 Å². The van der Waals surface area contributed by atoms with Gasteiger partial charge in [-0.25, -0.2) is 0 Å². The fourth-order valence-electron chi connectivity index (χ4n) is 6.40. The zero-order chi connectivity index (χ0) is 29.0. The van der Waals surface area contributed by atoms with Crippen molar-refractivity contribution in [1.82, 2.24) is 9.80 Å². The first-order valence-electron chi connectivity index (χ1n) is 13.0. The number of aromatic hydroxyl groups is 1. The molecule has 0 saturated heterocycles. The van der Waals surface area contributed by atoms with Gasteiger partial charge in [-0.05, 0) is 52.7 Å². The fraction of sp³-hybridized carbons (Fsp3) is 0.483. The van der Waals surface area contributed by atoms with Crippen molar-refractivity contribution < 1.29 is 34.8 Å². The number of nitrogens with two attached hydrogens (primary N) is 1. The summed E-state index contributed by atoms with van der Waals surface area (Å²) in [7, 11) is 6.70. The Morgan fingerprint density at radius 3 is 2.31 bits per heavy atom. The van der Waals surface area contributed by atoms with Crippen LogP contribution >= 0.6 is 0 Å². The highest BCUT2D eigenvalue weighted by molar-refractivity contribution is 6.24. The lowest BCUT2D eigenvalue weighted by atomic mass is 9.56. The maximum absolute atomic E-state index is 14.1. The number of rotatable bonds is 5. The monoisotopic (exact) mass is 537 g/mol. The van der Waals surface area contributed by atoms with Crippen LogP contribution in [0.2, 0.25) is 0 Å². The van der Waals surface area contributed by atoms with E-state index in [-0.39, 0.29) is 28.9 Å². The van der Waals surface area contributed by atoms with Crippen LogP contribution in [-0.4, -0.2) is 87.5 Å². The molecule has 10 nitrogen and oxygen atoms in total. The van der Waals surface area contributed by atoms with Crippen molar-refractivity contribution in [2.45, 2.75) is 50.3 Å². The summed E-state index contributed by atoms with van der Waals surface area (Å²) in [5, 5.41) is 45.5. The number of aliphatic hydroxyl groups excluding tert-OH is 2. The van der Waals surface area contributed by atoms with E-state index in [0.29, 0.717) is 12.0 Å². The number of carbonyl (C=O) groups excluding carboxylic acids is 3. The number of ketones is 2. The highest BCUT2D eigenvalue weighted by atomic mass is 16.3. The van der Waals surface area contributed by atoms with E-state index in [1.807, 2.05) is 11.8 Å². The number of aliphatic hydroxyl groups is 3. The number of fused-ring (bicyclic) bond motifs is 3. The number of carbonyl (C=O) groups is 3. The zero-order valence-corrected chi connectivity index (χ0v) is 22.8. The van der Waals surface area contributed by atoms with Crippen molar-refractivity contribution in [3.63, 3.8) is 0 Å². The van der Waals surface area contributed by atoms with Crippen LogP contribution in [0, 0.1) is 23.7 Å². The first-order valence-corrected chi connectivity index (χ1v) is 13.0. The molecule has 0 radical (unpaired) electrons. The molecule has 5 atom stereocenters. The van der Waals surface area contributed by atoms with E-state index in [4.69, 9.17) is 5.73 Å². The maximum Gasteiger partial charge on any atom is 0.255 e. The number of likely N-dealkylation sites (N-methyl/N-ethyl adjacent to an activating group) is 1. The predicted molar refractivity (Wildman–Crippen MR) is 143 cm³/mol. The van der Waals surface area contributed by atoms with Gasteiger partial charge in [-0.2, -0.15) is 0 Å². The Bertz CT molecular complexity index is 1380. The van der Waals surface area contributed by atoms with Crippen LogP contribution in [0.4, 0.5) is 0 Å². The molecule has 6 N–H and O–H groups in total. The van der Waals surface area contributed by atoms with Crippen LogP contribution in [0.5, 0.6) is 5.75 Å². The van der Waals surface area contributed by atoms with Gasteiger partial charge in [0, 0.05) is 29.9 Å². The Kier molecular flexibility index (Phi) is 7.38. The van der Waals surface area contributed by atoms with Crippen LogP contribution in [0.3, 0.4) is 0 Å². The summed E-state index contributed by atoms with van der Waals surface area (Å²) in [6.45, 7) is 2.04. The number of benzene rings is 1. The SMILES string of the molecule is CCCCC#Cc1ccc2c(c1O)C(O)=C1C(=O)C3(O)C(O)=C(C(N)=O)C(=O)C(N(C)C)C3CC1C2N(C)C. The maximum atomic E-state index is 14.1. The van der Waals surface area contributed by atoms with Crippen LogP contribution < -0.4 is 5.73 Å². The predicted octanol–water partition coefficient (Wildman–Crippen LogP) is 1.57. The third kappa shape index (κ3) is 4.13. The van der Waals surface area contributed by atoms with Crippen molar-refractivity contribution in [3.05, 3.63) is 45.7 Å². The number of phenols is 1.